The van der Waals surface area contributed by atoms with Crippen LogP contribution < -0.4 is 5.73 Å². The normalized spacial score (nSPS) is 19.7. The standard InChI is InChI=1S/C16H21N3OS/c1-10-4-3-8-19(9-6-10)16(20)14-13(17)12-11(2)5-7-18-15(12)21-14/h5,7,10H,3-4,6,8-9,17H2,1-2H3. The largest absolute Gasteiger partial charge is 0.397 e. The molecule has 1 unspecified atom stereocenters. The summed E-state index contributed by atoms with van der Waals surface area (Å²) in [5.74, 6) is 0.774. The summed E-state index contributed by atoms with van der Waals surface area (Å²) < 4.78 is 0. The first-order valence-electron chi connectivity index (χ1n) is 7.50. The topological polar surface area (TPSA) is 59.2 Å². The minimum Gasteiger partial charge on any atom is -0.397 e. The summed E-state index contributed by atoms with van der Waals surface area (Å²) in [5.41, 5.74) is 7.92. The maximum atomic E-state index is 12.8. The van der Waals surface area contributed by atoms with E-state index in [-0.39, 0.29) is 5.91 Å². The molecule has 21 heavy (non-hydrogen) atoms. The molecule has 2 aromatic rings. The number of thiophene rings is 1. The van der Waals surface area contributed by atoms with Gasteiger partial charge in [-0.05, 0) is 43.7 Å². The number of nitrogen functional groups attached to an aromatic ring is 1. The van der Waals surface area contributed by atoms with E-state index in [9.17, 15) is 4.79 Å². The van der Waals surface area contributed by atoms with Crippen molar-refractivity contribution in [2.24, 2.45) is 5.92 Å². The summed E-state index contributed by atoms with van der Waals surface area (Å²) in [6, 6.07) is 1.94. The summed E-state index contributed by atoms with van der Waals surface area (Å²) in [6.45, 7) is 5.94. The number of hydrogen-bond acceptors (Lipinski definition) is 4. The fraction of sp³-hybridized carbons (Fsp3) is 0.500. The van der Waals surface area contributed by atoms with Crippen LogP contribution in [0.5, 0.6) is 0 Å². The van der Waals surface area contributed by atoms with Crippen molar-refractivity contribution < 1.29 is 4.79 Å². The molecule has 1 fully saturated rings. The molecule has 1 saturated heterocycles. The zero-order valence-corrected chi connectivity index (χ0v) is 13.4. The van der Waals surface area contributed by atoms with Crippen LogP contribution in [0.15, 0.2) is 12.3 Å². The van der Waals surface area contributed by atoms with Crippen molar-refractivity contribution in [1.29, 1.82) is 0 Å². The predicted octanol–water partition coefficient (Wildman–Crippen LogP) is 3.45. The molecule has 0 spiro atoms. The SMILES string of the molecule is Cc1ccnc2sc(C(=O)N3CCCC(C)CC3)c(N)c12. The van der Waals surface area contributed by atoms with Crippen LogP contribution in [0.25, 0.3) is 10.2 Å². The van der Waals surface area contributed by atoms with Gasteiger partial charge in [-0.2, -0.15) is 0 Å². The maximum absolute atomic E-state index is 12.8. The molecule has 5 heteroatoms. The number of carbonyl (C=O) groups is 1. The van der Waals surface area contributed by atoms with E-state index >= 15 is 0 Å². The van der Waals surface area contributed by atoms with E-state index in [0.29, 0.717) is 16.5 Å². The highest BCUT2D eigenvalue weighted by molar-refractivity contribution is 7.21. The lowest BCUT2D eigenvalue weighted by Crippen LogP contribution is -2.31. The highest BCUT2D eigenvalue weighted by Crippen LogP contribution is 2.35. The molecule has 0 aliphatic carbocycles. The van der Waals surface area contributed by atoms with Gasteiger partial charge >= 0.3 is 0 Å². The summed E-state index contributed by atoms with van der Waals surface area (Å²) in [7, 11) is 0. The minimum absolute atomic E-state index is 0.0731. The van der Waals surface area contributed by atoms with Crippen LogP contribution in [0.3, 0.4) is 0 Å². The van der Waals surface area contributed by atoms with Gasteiger partial charge in [0, 0.05) is 24.7 Å². The first kappa shape index (κ1) is 14.3. The van der Waals surface area contributed by atoms with Gasteiger partial charge in [-0.3, -0.25) is 4.79 Å². The molecule has 0 saturated carbocycles. The van der Waals surface area contributed by atoms with E-state index in [1.54, 1.807) is 6.20 Å². The lowest BCUT2D eigenvalue weighted by atomic mass is 10.0. The lowest BCUT2D eigenvalue weighted by Gasteiger charge is -2.19. The predicted molar refractivity (Wildman–Crippen MR) is 87.7 cm³/mol. The average Bonchev–Trinajstić information content (AvgIpc) is 2.65. The number of nitrogens with two attached hydrogens (primary N) is 1. The van der Waals surface area contributed by atoms with E-state index in [1.165, 1.54) is 17.8 Å². The number of hydrogen-bond donors (Lipinski definition) is 1. The summed E-state index contributed by atoms with van der Waals surface area (Å²) in [6.07, 6.45) is 5.13. The second-order valence-corrected chi connectivity index (χ2v) is 6.98. The molecular formula is C16H21N3OS. The quantitative estimate of drug-likeness (QED) is 0.878. The molecule has 1 amide bonds. The van der Waals surface area contributed by atoms with E-state index in [0.717, 1.165) is 41.7 Å². The molecule has 112 valence electrons. The molecule has 1 atom stereocenters. The number of pyridine rings is 1. The van der Waals surface area contributed by atoms with Crippen molar-refractivity contribution in [2.75, 3.05) is 18.8 Å². The second-order valence-electron chi connectivity index (χ2n) is 5.98. The van der Waals surface area contributed by atoms with Gasteiger partial charge < -0.3 is 10.6 Å². The Morgan fingerprint density at radius 2 is 2.24 bits per heavy atom. The van der Waals surface area contributed by atoms with Crippen molar-refractivity contribution >= 4 is 33.1 Å². The zero-order chi connectivity index (χ0) is 15.0. The number of carbonyl (C=O) groups excluding carboxylic acids is 1. The molecule has 1 aliphatic heterocycles. The fourth-order valence-electron chi connectivity index (χ4n) is 2.97. The van der Waals surface area contributed by atoms with Gasteiger partial charge in [-0.25, -0.2) is 4.98 Å². The van der Waals surface area contributed by atoms with Gasteiger partial charge in [0.2, 0.25) is 0 Å². The Balaban J connectivity index is 1.94. The van der Waals surface area contributed by atoms with Crippen LogP contribution >= 0.6 is 11.3 Å². The van der Waals surface area contributed by atoms with Gasteiger partial charge in [-0.15, -0.1) is 11.3 Å². The Kier molecular flexibility index (Phi) is 3.85. The van der Waals surface area contributed by atoms with Gasteiger partial charge in [0.05, 0.1) is 5.69 Å². The molecule has 0 bridgehead atoms. The van der Waals surface area contributed by atoms with E-state index < -0.39 is 0 Å². The summed E-state index contributed by atoms with van der Waals surface area (Å²) >= 11 is 1.42. The summed E-state index contributed by atoms with van der Waals surface area (Å²) in [5, 5.41) is 0.939. The number of amides is 1. The number of nitrogens with zero attached hydrogens (tertiary/aromatic N) is 2. The maximum Gasteiger partial charge on any atom is 0.266 e. The smallest absolute Gasteiger partial charge is 0.266 e. The van der Waals surface area contributed by atoms with Gasteiger partial charge in [0.15, 0.2) is 0 Å². The monoisotopic (exact) mass is 303 g/mol. The number of aromatic nitrogens is 1. The Morgan fingerprint density at radius 3 is 3.00 bits per heavy atom. The lowest BCUT2D eigenvalue weighted by molar-refractivity contribution is 0.0766. The first-order chi connectivity index (χ1) is 10.1. The van der Waals surface area contributed by atoms with E-state index in [1.807, 2.05) is 17.9 Å². The Bertz CT molecular complexity index is 679. The zero-order valence-electron chi connectivity index (χ0n) is 12.6. The van der Waals surface area contributed by atoms with Gasteiger partial charge in [0.1, 0.15) is 9.71 Å². The van der Waals surface area contributed by atoms with Crippen molar-refractivity contribution in [1.82, 2.24) is 9.88 Å². The van der Waals surface area contributed by atoms with Crippen LogP contribution in [0, 0.1) is 12.8 Å². The number of anilines is 1. The van der Waals surface area contributed by atoms with Crippen LogP contribution in [0.1, 0.15) is 41.4 Å². The molecule has 2 N–H and O–H groups in total. The Hall–Kier alpha value is -1.62. The molecule has 3 rings (SSSR count). The molecule has 0 radical (unpaired) electrons. The first-order valence-corrected chi connectivity index (χ1v) is 8.32. The molecular weight excluding hydrogens is 282 g/mol. The van der Waals surface area contributed by atoms with E-state index in [2.05, 4.69) is 11.9 Å². The van der Waals surface area contributed by atoms with Gasteiger partial charge in [0.25, 0.3) is 5.91 Å². The van der Waals surface area contributed by atoms with Crippen LogP contribution in [0.2, 0.25) is 0 Å². The van der Waals surface area contributed by atoms with Crippen molar-refractivity contribution in [2.45, 2.75) is 33.1 Å². The number of rotatable bonds is 1. The van der Waals surface area contributed by atoms with Crippen molar-refractivity contribution in [3.8, 4) is 0 Å². The Morgan fingerprint density at radius 1 is 1.43 bits per heavy atom. The molecule has 3 heterocycles. The van der Waals surface area contributed by atoms with Crippen LogP contribution in [0.4, 0.5) is 5.69 Å². The van der Waals surface area contributed by atoms with Crippen LogP contribution in [-0.2, 0) is 0 Å². The third kappa shape index (κ3) is 2.62. The molecule has 2 aromatic heterocycles. The third-order valence-electron chi connectivity index (χ3n) is 4.34. The van der Waals surface area contributed by atoms with Crippen LogP contribution in [-0.4, -0.2) is 28.9 Å². The minimum atomic E-state index is 0.0731. The number of aryl methyl sites for hydroxylation is 1. The number of likely N-dealkylation sites (tertiary alicyclic amines) is 1. The number of fused-ring (bicyclic) bond motifs is 1. The highest BCUT2D eigenvalue weighted by atomic mass is 32.1. The molecule has 1 aliphatic rings. The van der Waals surface area contributed by atoms with Crippen molar-refractivity contribution in [3.05, 3.63) is 22.7 Å². The van der Waals surface area contributed by atoms with E-state index in [4.69, 9.17) is 5.73 Å². The van der Waals surface area contributed by atoms with Gasteiger partial charge in [-0.1, -0.05) is 6.92 Å². The molecule has 4 nitrogen and oxygen atoms in total. The fourth-order valence-corrected chi connectivity index (χ4v) is 4.08. The average molecular weight is 303 g/mol. The Labute approximate surface area is 129 Å². The van der Waals surface area contributed by atoms with Crippen molar-refractivity contribution in [3.63, 3.8) is 0 Å². The summed E-state index contributed by atoms with van der Waals surface area (Å²) in [4.78, 5) is 20.6. The molecule has 0 aromatic carbocycles. The third-order valence-corrected chi connectivity index (χ3v) is 5.44. The highest BCUT2D eigenvalue weighted by Gasteiger charge is 2.24. The second kappa shape index (κ2) is 5.64.